The number of fused-ring (bicyclic) bond motifs is 1. The molecule has 0 aliphatic rings. The number of pyridine rings is 2. The van der Waals surface area contributed by atoms with Gasteiger partial charge in [-0.1, -0.05) is 76.7 Å². The Morgan fingerprint density at radius 2 is 1.70 bits per heavy atom. The Morgan fingerprint density at radius 3 is 2.50 bits per heavy atom. The number of aromatic hydroxyl groups is 1. The number of rotatable bonds is 4. The van der Waals surface area contributed by atoms with E-state index in [1.54, 1.807) is 18.3 Å². The van der Waals surface area contributed by atoms with E-state index < -0.39 is 0 Å². The zero-order valence-corrected chi connectivity index (χ0v) is 18.9. The van der Waals surface area contributed by atoms with Gasteiger partial charge in [0.15, 0.2) is 0 Å². The number of aromatic nitrogens is 2. The fourth-order valence-corrected chi connectivity index (χ4v) is 4.42. The third-order valence-electron chi connectivity index (χ3n) is 5.09. The van der Waals surface area contributed by atoms with Crippen LogP contribution in [0.1, 0.15) is 28.4 Å². The van der Waals surface area contributed by atoms with Crippen LogP contribution in [0.3, 0.4) is 0 Å². The molecule has 0 aliphatic carbocycles. The average Bonchev–Trinajstić information content (AvgIpc) is 2.73. The second-order valence-corrected chi connectivity index (χ2v) is 8.56. The minimum Gasteiger partial charge on any atom is -0.505 e. The molecule has 3 nitrogen and oxygen atoms in total. The predicted molar refractivity (Wildman–Crippen MR) is 124 cm³/mol. The molecule has 2 aromatic carbocycles. The minimum atomic E-state index is -0.354. The van der Waals surface area contributed by atoms with Crippen LogP contribution < -0.4 is 0 Å². The Labute approximate surface area is 194 Å². The van der Waals surface area contributed by atoms with Crippen molar-refractivity contribution in [3.8, 4) is 5.75 Å². The standard InChI is InChI=1S/C23H16Cl4N2O/c1-12-18(25)11-19(26)20(29-12)10-16(14-5-2-6-17(24)21(14)27)15-8-7-13-4-3-9-28-22(13)23(15)30/h2-9,11,16,30H,10H2,1H3. The van der Waals surface area contributed by atoms with Crippen molar-refractivity contribution < 1.29 is 5.11 Å². The summed E-state index contributed by atoms with van der Waals surface area (Å²) in [5, 5.41) is 13.7. The first-order chi connectivity index (χ1) is 14.4. The number of nitrogens with zero attached hydrogens (tertiary/aromatic N) is 2. The highest BCUT2D eigenvalue weighted by molar-refractivity contribution is 6.42. The Kier molecular flexibility index (Phi) is 6.08. The number of benzene rings is 2. The maximum Gasteiger partial charge on any atom is 0.145 e. The first-order valence-corrected chi connectivity index (χ1v) is 10.7. The molecular weight excluding hydrogens is 462 g/mol. The van der Waals surface area contributed by atoms with E-state index in [2.05, 4.69) is 9.97 Å². The van der Waals surface area contributed by atoms with Gasteiger partial charge in [0.1, 0.15) is 11.3 Å². The molecule has 2 heterocycles. The van der Waals surface area contributed by atoms with Crippen molar-refractivity contribution in [2.45, 2.75) is 19.3 Å². The molecule has 152 valence electrons. The van der Waals surface area contributed by atoms with E-state index in [9.17, 15) is 5.11 Å². The number of hydrogen-bond donors (Lipinski definition) is 1. The Balaban J connectivity index is 1.92. The first kappa shape index (κ1) is 21.2. The van der Waals surface area contributed by atoms with E-state index in [0.717, 1.165) is 10.9 Å². The SMILES string of the molecule is Cc1nc(CC(c2cccc(Cl)c2Cl)c2ccc3cccnc3c2O)c(Cl)cc1Cl. The number of phenolic OH excluding ortho intramolecular Hbond substituents is 1. The Hall–Kier alpha value is -2.04. The van der Waals surface area contributed by atoms with Crippen LogP contribution in [0, 0.1) is 6.92 Å². The summed E-state index contributed by atoms with van der Waals surface area (Å²) in [6.07, 6.45) is 2.04. The highest BCUT2D eigenvalue weighted by Gasteiger charge is 2.25. The van der Waals surface area contributed by atoms with Gasteiger partial charge >= 0.3 is 0 Å². The first-order valence-electron chi connectivity index (χ1n) is 9.19. The van der Waals surface area contributed by atoms with Crippen LogP contribution in [0.15, 0.2) is 54.7 Å². The molecule has 7 heteroatoms. The summed E-state index contributed by atoms with van der Waals surface area (Å²) >= 11 is 25.5. The van der Waals surface area contributed by atoms with Gasteiger partial charge in [-0.15, -0.1) is 0 Å². The van der Waals surface area contributed by atoms with Crippen molar-refractivity contribution in [1.82, 2.24) is 9.97 Å². The van der Waals surface area contributed by atoms with Crippen molar-refractivity contribution >= 4 is 57.3 Å². The number of hydrogen-bond acceptors (Lipinski definition) is 3. The molecule has 1 unspecified atom stereocenters. The van der Waals surface area contributed by atoms with Crippen molar-refractivity contribution in [3.05, 3.63) is 97.3 Å². The van der Waals surface area contributed by atoms with Crippen LogP contribution in [0.4, 0.5) is 0 Å². The van der Waals surface area contributed by atoms with Gasteiger partial charge < -0.3 is 5.11 Å². The van der Waals surface area contributed by atoms with Crippen molar-refractivity contribution in [3.63, 3.8) is 0 Å². The lowest BCUT2D eigenvalue weighted by atomic mass is 9.86. The fraction of sp³-hybridized carbons (Fsp3) is 0.130. The summed E-state index contributed by atoms with van der Waals surface area (Å²) in [5.74, 6) is -0.260. The summed E-state index contributed by atoms with van der Waals surface area (Å²) in [7, 11) is 0. The van der Waals surface area contributed by atoms with Gasteiger partial charge in [-0.05, 0) is 30.7 Å². The van der Waals surface area contributed by atoms with Gasteiger partial charge in [-0.2, -0.15) is 0 Å². The quantitative estimate of drug-likeness (QED) is 0.328. The van der Waals surface area contributed by atoms with E-state index in [1.165, 1.54) is 0 Å². The van der Waals surface area contributed by atoms with Gasteiger partial charge in [-0.3, -0.25) is 9.97 Å². The highest BCUT2D eigenvalue weighted by Crippen LogP contribution is 2.42. The van der Waals surface area contributed by atoms with E-state index in [1.807, 2.05) is 43.3 Å². The topological polar surface area (TPSA) is 46.0 Å². The molecule has 1 atom stereocenters. The molecule has 4 rings (SSSR count). The third kappa shape index (κ3) is 3.95. The molecule has 1 N–H and O–H groups in total. The molecule has 0 saturated carbocycles. The zero-order chi connectivity index (χ0) is 21.4. The van der Waals surface area contributed by atoms with Crippen LogP contribution in [0.25, 0.3) is 10.9 Å². The van der Waals surface area contributed by atoms with E-state index in [-0.39, 0.29) is 11.7 Å². The maximum atomic E-state index is 11.1. The number of halogens is 4. The summed E-state index contributed by atoms with van der Waals surface area (Å²) in [6.45, 7) is 1.82. The lowest BCUT2D eigenvalue weighted by Gasteiger charge is -2.22. The van der Waals surface area contributed by atoms with E-state index in [4.69, 9.17) is 46.4 Å². The molecule has 0 amide bonds. The van der Waals surface area contributed by atoms with Gasteiger partial charge in [-0.25, -0.2) is 0 Å². The molecule has 0 bridgehead atoms. The second-order valence-electron chi connectivity index (χ2n) is 6.96. The van der Waals surface area contributed by atoms with Gasteiger partial charge in [0.25, 0.3) is 0 Å². The summed E-state index contributed by atoms with van der Waals surface area (Å²) in [4.78, 5) is 8.91. The summed E-state index contributed by atoms with van der Waals surface area (Å²) < 4.78 is 0. The molecule has 0 fully saturated rings. The monoisotopic (exact) mass is 476 g/mol. The maximum absolute atomic E-state index is 11.1. The molecule has 4 aromatic rings. The molecule has 2 aromatic heterocycles. The van der Waals surface area contributed by atoms with Crippen LogP contribution in [-0.4, -0.2) is 15.1 Å². The molecule has 0 saturated heterocycles. The van der Waals surface area contributed by atoms with Gasteiger partial charge in [0.05, 0.1) is 31.5 Å². The lowest BCUT2D eigenvalue weighted by Crippen LogP contribution is -2.09. The van der Waals surface area contributed by atoms with E-state index >= 15 is 0 Å². The lowest BCUT2D eigenvalue weighted by molar-refractivity contribution is 0.469. The van der Waals surface area contributed by atoms with Crippen LogP contribution in [0.5, 0.6) is 5.75 Å². The number of phenols is 1. The predicted octanol–water partition coefficient (Wildman–Crippen LogP) is 7.63. The Morgan fingerprint density at radius 1 is 0.900 bits per heavy atom. The van der Waals surface area contributed by atoms with Crippen molar-refractivity contribution in [2.75, 3.05) is 0 Å². The Bertz CT molecular complexity index is 1260. The number of aryl methyl sites for hydroxylation is 1. The molecular formula is C23H16Cl4N2O. The molecule has 0 aliphatic heterocycles. The van der Waals surface area contributed by atoms with Gasteiger partial charge in [0.2, 0.25) is 0 Å². The van der Waals surface area contributed by atoms with Crippen LogP contribution in [-0.2, 0) is 6.42 Å². The minimum absolute atomic E-state index is 0.0935. The molecule has 0 radical (unpaired) electrons. The molecule has 0 spiro atoms. The fourth-order valence-electron chi connectivity index (χ4n) is 3.55. The van der Waals surface area contributed by atoms with E-state index in [0.29, 0.717) is 49.0 Å². The molecule has 30 heavy (non-hydrogen) atoms. The second kappa shape index (κ2) is 8.60. The van der Waals surface area contributed by atoms with Crippen LogP contribution in [0.2, 0.25) is 20.1 Å². The summed E-state index contributed by atoms with van der Waals surface area (Å²) in [6, 6.07) is 14.6. The average molecular weight is 478 g/mol. The third-order valence-corrected chi connectivity index (χ3v) is 6.63. The van der Waals surface area contributed by atoms with Crippen molar-refractivity contribution in [2.24, 2.45) is 0 Å². The smallest absolute Gasteiger partial charge is 0.145 e. The zero-order valence-electron chi connectivity index (χ0n) is 15.8. The van der Waals surface area contributed by atoms with Crippen molar-refractivity contribution in [1.29, 1.82) is 0 Å². The highest BCUT2D eigenvalue weighted by atomic mass is 35.5. The normalized spacial score (nSPS) is 12.3. The van der Waals surface area contributed by atoms with Gasteiger partial charge in [0, 0.05) is 29.5 Å². The van der Waals surface area contributed by atoms with Crippen LogP contribution >= 0.6 is 46.4 Å². The summed E-state index contributed by atoms with van der Waals surface area (Å²) in [5.41, 5.74) is 3.28. The largest absolute Gasteiger partial charge is 0.505 e.